The summed E-state index contributed by atoms with van der Waals surface area (Å²) >= 11 is 1.60. The fraction of sp³-hybridized carbons (Fsp3) is 0.357. The number of aryl methyl sites for hydroxylation is 3. The van der Waals surface area contributed by atoms with Gasteiger partial charge in [0, 0.05) is 11.4 Å². The highest BCUT2D eigenvalue weighted by atomic mass is 32.1. The highest BCUT2D eigenvalue weighted by Gasteiger charge is 2.15. The van der Waals surface area contributed by atoms with Gasteiger partial charge in [0.2, 0.25) is 0 Å². The molecule has 0 radical (unpaired) electrons. The van der Waals surface area contributed by atoms with Crippen molar-refractivity contribution >= 4 is 17.0 Å². The van der Waals surface area contributed by atoms with Crippen LogP contribution in [0.15, 0.2) is 18.2 Å². The lowest BCUT2D eigenvalue weighted by Crippen LogP contribution is -2.12. The van der Waals surface area contributed by atoms with Gasteiger partial charge in [-0.1, -0.05) is 23.5 Å². The zero-order valence-corrected chi connectivity index (χ0v) is 11.4. The Balaban J connectivity index is 1.93. The lowest BCUT2D eigenvalue weighted by molar-refractivity contribution is 0.478. The van der Waals surface area contributed by atoms with Gasteiger partial charge in [-0.2, -0.15) is 0 Å². The second-order valence-electron chi connectivity index (χ2n) is 4.54. The summed E-state index contributed by atoms with van der Waals surface area (Å²) in [5.41, 5.74) is 3.52. The number of fused-ring (bicyclic) bond motifs is 1. The third-order valence-corrected chi connectivity index (χ3v) is 4.19. The van der Waals surface area contributed by atoms with Crippen molar-refractivity contribution in [1.82, 2.24) is 4.98 Å². The van der Waals surface area contributed by atoms with Gasteiger partial charge in [-0.05, 0) is 38.3 Å². The fourth-order valence-corrected chi connectivity index (χ4v) is 2.91. The topological polar surface area (TPSA) is 34.1 Å². The molecule has 1 aliphatic rings. The maximum absolute atomic E-state index is 5.92. The Kier molecular flexibility index (Phi) is 2.96. The summed E-state index contributed by atoms with van der Waals surface area (Å²) in [6, 6.07) is 6.21. The Hall–Kier alpha value is -1.55. The lowest BCUT2D eigenvalue weighted by Gasteiger charge is -2.20. The summed E-state index contributed by atoms with van der Waals surface area (Å²) < 4.78 is 5.92. The molecule has 0 spiro atoms. The highest BCUT2D eigenvalue weighted by molar-refractivity contribution is 7.13. The second kappa shape index (κ2) is 4.61. The Labute approximate surface area is 111 Å². The van der Waals surface area contributed by atoms with E-state index in [0.29, 0.717) is 0 Å². The molecule has 0 bridgehead atoms. The Bertz CT molecular complexity index is 558. The van der Waals surface area contributed by atoms with E-state index < -0.39 is 0 Å². The first-order valence-electron chi connectivity index (χ1n) is 6.21. The molecule has 2 heterocycles. The number of rotatable bonds is 2. The van der Waals surface area contributed by atoms with Gasteiger partial charge in [-0.15, -0.1) is 0 Å². The van der Waals surface area contributed by atoms with E-state index >= 15 is 0 Å². The third-order valence-electron chi connectivity index (χ3n) is 3.24. The first kappa shape index (κ1) is 11.5. The van der Waals surface area contributed by atoms with Crippen LogP contribution in [0.3, 0.4) is 0 Å². The molecule has 0 amide bonds. The quantitative estimate of drug-likeness (QED) is 0.889. The third kappa shape index (κ3) is 2.08. The normalized spacial score (nSPS) is 13.9. The minimum absolute atomic E-state index is 0.728. The van der Waals surface area contributed by atoms with Crippen molar-refractivity contribution in [1.29, 1.82) is 0 Å². The van der Waals surface area contributed by atoms with Crippen molar-refractivity contribution in [3.05, 3.63) is 34.3 Å². The van der Waals surface area contributed by atoms with Crippen molar-refractivity contribution in [2.75, 3.05) is 11.9 Å². The van der Waals surface area contributed by atoms with Crippen LogP contribution in [0.1, 0.15) is 22.6 Å². The number of nitrogens with zero attached hydrogens (tertiary/aromatic N) is 1. The molecule has 2 aromatic rings. The van der Waals surface area contributed by atoms with Crippen molar-refractivity contribution in [3.8, 4) is 10.9 Å². The molecular formula is C14H16N2OS. The molecule has 0 saturated carbocycles. The summed E-state index contributed by atoms with van der Waals surface area (Å²) in [7, 11) is 0. The van der Waals surface area contributed by atoms with Crippen LogP contribution in [0.4, 0.5) is 5.69 Å². The molecule has 0 unspecified atom stereocenters. The van der Waals surface area contributed by atoms with Gasteiger partial charge in [-0.25, -0.2) is 4.98 Å². The molecule has 1 aliphatic heterocycles. The standard InChI is InChI=1S/C14H16N2OS/c1-9-10(2)18-14(16-9)17-12-7-3-5-11-6-4-8-15-13(11)12/h3,5,7,15H,4,6,8H2,1-2H3. The van der Waals surface area contributed by atoms with Crippen molar-refractivity contribution in [2.45, 2.75) is 26.7 Å². The molecule has 1 aromatic carbocycles. The highest BCUT2D eigenvalue weighted by Crippen LogP contribution is 2.36. The number of anilines is 1. The fourth-order valence-electron chi connectivity index (χ4n) is 2.14. The molecule has 4 heteroatoms. The van der Waals surface area contributed by atoms with Crippen molar-refractivity contribution in [3.63, 3.8) is 0 Å². The van der Waals surface area contributed by atoms with Crippen LogP contribution in [0.5, 0.6) is 10.9 Å². The molecule has 0 fully saturated rings. The second-order valence-corrected chi connectivity index (χ2v) is 5.71. The molecule has 1 N–H and O–H groups in total. The number of nitrogens with one attached hydrogen (secondary N) is 1. The van der Waals surface area contributed by atoms with Crippen LogP contribution in [0.2, 0.25) is 0 Å². The van der Waals surface area contributed by atoms with E-state index in [2.05, 4.69) is 29.4 Å². The van der Waals surface area contributed by atoms with Crippen LogP contribution < -0.4 is 10.1 Å². The molecule has 94 valence electrons. The number of benzene rings is 1. The molecule has 18 heavy (non-hydrogen) atoms. The maximum Gasteiger partial charge on any atom is 0.279 e. The molecular weight excluding hydrogens is 244 g/mol. The van der Waals surface area contributed by atoms with Gasteiger partial charge in [0.15, 0.2) is 5.75 Å². The predicted molar refractivity (Wildman–Crippen MR) is 74.9 cm³/mol. The van der Waals surface area contributed by atoms with E-state index in [9.17, 15) is 0 Å². The van der Waals surface area contributed by atoms with Gasteiger partial charge in [-0.3, -0.25) is 0 Å². The zero-order valence-electron chi connectivity index (χ0n) is 10.6. The Morgan fingerprint density at radius 1 is 1.33 bits per heavy atom. The van der Waals surface area contributed by atoms with Crippen LogP contribution >= 0.6 is 11.3 Å². The summed E-state index contributed by atoms with van der Waals surface area (Å²) in [6.45, 7) is 5.10. The smallest absolute Gasteiger partial charge is 0.279 e. The number of hydrogen-bond acceptors (Lipinski definition) is 4. The average molecular weight is 260 g/mol. The summed E-state index contributed by atoms with van der Waals surface area (Å²) in [6.07, 6.45) is 2.31. The molecule has 1 aromatic heterocycles. The van der Waals surface area contributed by atoms with E-state index in [1.807, 2.05) is 13.0 Å². The number of para-hydroxylation sites is 1. The Morgan fingerprint density at radius 2 is 2.22 bits per heavy atom. The molecule has 3 nitrogen and oxygen atoms in total. The van der Waals surface area contributed by atoms with E-state index in [1.54, 1.807) is 11.3 Å². The van der Waals surface area contributed by atoms with Gasteiger partial charge in [0.05, 0.1) is 11.4 Å². The average Bonchev–Trinajstić information content (AvgIpc) is 2.69. The van der Waals surface area contributed by atoms with Crippen LogP contribution in [0, 0.1) is 13.8 Å². The van der Waals surface area contributed by atoms with Crippen LogP contribution in [0.25, 0.3) is 0 Å². The van der Waals surface area contributed by atoms with Gasteiger partial charge in [0.1, 0.15) is 0 Å². The minimum Gasteiger partial charge on any atom is -0.429 e. The monoisotopic (exact) mass is 260 g/mol. The first-order chi connectivity index (χ1) is 8.74. The van der Waals surface area contributed by atoms with E-state index in [0.717, 1.165) is 35.3 Å². The van der Waals surface area contributed by atoms with Crippen molar-refractivity contribution in [2.24, 2.45) is 0 Å². The largest absolute Gasteiger partial charge is 0.429 e. The number of ether oxygens (including phenoxy) is 1. The molecule has 0 atom stereocenters. The zero-order chi connectivity index (χ0) is 12.5. The van der Waals surface area contributed by atoms with Crippen LogP contribution in [-0.4, -0.2) is 11.5 Å². The summed E-state index contributed by atoms with van der Waals surface area (Å²) in [5.74, 6) is 0.890. The molecule has 0 aliphatic carbocycles. The summed E-state index contributed by atoms with van der Waals surface area (Å²) in [5, 5.41) is 4.15. The molecule has 0 saturated heterocycles. The number of aromatic nitrogens is 1. The van der Waals surface area contributed by atoms with Crippen molar-refractivity contribution < 1.29 is 4.74 Å². The maximum atomic E-state index is 5.92. The van der Waals surface area contributed by atoms with E-state index in [1.165, 1.54) is 16.9 Å². The first-order valence-corrected chi connectivity index (χ1v) is 7.03. The molecule has 3 rings (SSSR count). The SMILES string of the molecule is Cc1nc(Oc2cccc3c2NCCC3)sc1C. The lowest BCUT2D eigenvalue weighted by atomic mass is 10.0. The van der Waals surface area contributed by atoms with Gasteiger partial charge < -0.3 is 10.1 Å². The van der Waals surface area contributed by atoms with Gasteiger partial charge in [0.25, 0.3) is 5.19 Å². The van der Waals surface area contributed by atoms with E-state index in [4.69, 9.17) is 4.74 Å². The number of hydrogen-bond donors (Lipinski definition) is 1. The minimum atomic E-state index is 0.728. The number of thiazole rings is 1. The van der Waals surface area contributed by atoms with E-state index in [-0.39, 0.29) is 0 Å². The Morgan fingerprint density at radius 3 is 3.00 bits per heavy atom. The summed E-state index contributed by atoms with van der Waals surface area (Å²) in [4.78, 5) is 5.63. The van der Waals surface area contributed by atoms with Crippen LogP contribution in [-0.2, 0) is 6.42 Å². The van der Waals surface area contributed by atoms with Gasteiger partial charge >= 0.3 is 0 Å². The predicted octanol–water partition coefficient (Wildman–Crippen LogP) is 3.91.